The van der Waals surface area contributed by atoms with Crippen LogP contribution in [0.2, 0.25) is 0 Å². The van der Waals surface area contributed by atoms with Crippen LogP contribution < -0.4 is 0 Å². The van der Waals surface area contributed by atoms with E-state index in [-0.39, 0.29) is 12.5 Å². The van der Waals surface area contributed by atoms with Crippen molar-refractivity contribution in [3.8, 4) is 0 Å². The lowest BCUT2D eigenvalue weighted by molar-refractivity contribution is -0.128. The fourth-order valence-corrected chi connectivity index (χ4v) is 1.59. The Bertz CT molecular complexity index is 168. The largest absolute Gasteiger partial charge is 0.395 e. The minimum Gasteiger partial charge on any atom is -0.395 e. The van der Waals surface area contributed by atoms with Crippen molar-refractivity contribution in [2.75, 3.05) is 19.7 Å². The van der Waals surface area contributed by atoms with Gasteiger partial charge in [0.05, 0.1) is 6.61 Å². The minimum absolute atomic E-state index is 0.0799. The highest BCUT2D eigenvalue weighted by Crippen LogP contribution is 2.24. The van der Waals surface area contributed by atoms with Gasteiger partial charge in [-0.2, -0.15) is 0 Å². The van der Waals surface area contributed by atoms with E-state index in [9.17, 15) is 4.79 Å². The summed E-state index contributed by atoms with van der Waals surface area (Å²) in [5.74, 6) is 1.25. The molecule has 1 fully saturated rings. The van der Waals surface area contributed by atoms with Crippen molar-refractivity contribution >= 4 is 5.91 Å². The van der Waals surface area contributed by atoms with Gasteiger partial charge in [0.1, 0.15) is 0 Å². The van der Waals surface area contributed by atoms with Gasteiger partial charge in [0.15, 0.2) is 0 Å². The first kappa shape index (κ1) is 9.52. The molecule has 1 heterocycles. The molecular weight excluding hydrogens is 154 g/mol. The van der Waals surface area contributed by atoms with Gasteiger partial charge in [0, 0.05) is 19.5 Å². The maximum atomic E-state index is 11.3. The summed E-state index contributed by atoms with van der Waals surface area (Å²) in [6.45, 7) is 5.69. The third-order valence-corrected chi connectivity index (χ3v) is 2.56. The number of likely N-dealkylation sites (tertiary alicyclic amines) is 1. The Morgan fingerprint density at radius 2 is 2.33 bits per heavy atom. The highest BCUT2D eigenvalue weighted by Gasteiger charge is 2.30. The van der Waals surface area contributed by atoms with E-state index in [1.54, 1.807) is 4.90 Å². The fourth-order valence-electron chi connectivity index (χ4n) is 1.59. The van der Waals surface area contributed by atoms with Crippen LogP contribution in [0.15, 0.2) is 0 Å². The Kier molecular flexibility index (Phi) is 3.09. The van der Waals surface area contributed by atoms with Crippen LogP contribution in [0.3, 0.4) is 0 Å². The maximum absolute atomic E-state index is 11.3. The van der Waals surface area contributed by atoms with Gasteiger partial charge in [0.2, 0.25) is 5.91 Å². The second kappa shape index (κ2) is 3.90. The molecule has 1 aliphatic heterocycles. The van der Waals surface area contributed by atoms with Crippen LogP contribution in [-0.4, -0.2) is 35.6 Å². The molecule has 1 saturated heterocycles. The number of rotatable bonds is 3. The molecule has 1 rings (SSSR count). The van der Waals surface area contributed by atoms with Gasteiger partial charge in [-0.25, -0.2) is 0 Å². The minimum atomic E-state index is 0.0799. The van der Waals surface area contributed by atoms with Crippen LogP contribution in [0.4, 0.5) is 0 Å². The zero-order valence-electron chi connectivity index (χ0n) is 7.79. The lowest BCUT2D eigenvalue weighted by Crippen LogP contribution is -2.28. The average Bonchev–Trinajstić information content (AvgIpc) is 2.34. The van der Waals surface area contributed by atoms with Gasteiger partial charge >= 0.3 is 0 Å². The summed E-state index contributed by atoms with van der Waals surface area (Å²) in [6, 6.07) is 0. The molecule has 12 heavy (non-hydrogen) atoms. The van der Waals surface area contributed by atoms with E-state index in [0.717, 1.165) is 6.54 Å². The molecule has 1 amide bonds. The second-order valence-electron chi connectivity index (χ2n) is 3.77. The monoisotopic (exact) mass is 171 g/mol. The predicted molar refractivity (Wildman–Crippen MR) is 46.6 cm³/mol. The van der Waals surface area contributed by atoms with Crippen molar-refractivity contribution in [3.63, 3.8) is 0 Å². The molecule has 3 heteroatoms. The first-order chi connectivity index (χ1) is 5.65. The predicted octanol–water partition coefficient (Wildman–Crippen LogP) is 0.483. The van der Waals surface area contributed by atoms with Crippen LogP contribution in [0.25, 0.3) is 0 Å². The number of carbonyl (C=O) groups excluding carboxylic acids is 1. The van der Waals surface area contributed by atoms with E-state index in [1.165, 1.54) is 0 Å². The zero-order chi connectivity index (χ0) is 9.14. The molecule has 0 aliphatic carbocycles. The number of amides is 1. The smallest absolute Gasteiger partial charge is 0.223 e. The van der Waals surface area contributed by atoms with E-state index >= 15 is 0 Å². The highest BCUT2D eigenvalue weighted by atomic mass is 16.3. The summed E-state index contributed by atoms with van der Waals surface area (Å²) in [4.78, 5) is 13.0. The molecule has 1 N–H and O–H groups in total. The molecule has 1 unspecified atom stereocenters. The highest BCUT2D eigenvalue weighted by molar-refractivity contribution is 5.78. The molecule has 0 aromatic rings. The van der Waals surface area contributed by atoms with Crippen molar-refractivity contribution in [3.05, 3.63) is 0 Å². The molecule has 1 aliphatic rings. The maximum Gasteiger partial charge on any atom is 0.223 e. The second-order valence-corrected chi connectivity index (χ2v) is 3.77. The average molecular weight is 171 g/mol. The molecule has 70 valence electrons. The van der Waals surface area contributed by atoms with E-state index in [1.807, 2.05) is 0 Å². The third kappa shape index (κ3) is 1.97. The third-order valence-electron chi connectivity index (χ3n) is 2.56. The Balaban J connectivity index is 2.44. The normalized spacial score (nSPS) is 24.2. The van der Waals surface area contributed by atoms with Crippen LogP contribution >= 0.6 is 0 Å². The Morgan fingerprint density at radius 1 is 1.67 bits per heavy atom. The van der Waals surface area contributed by atoms with Crippen LogP contribution in [-0.2, 0) is 4.79 Å². The first-order valence-corrected chi connectivity index (χ1v) is 4.53. The summed E-state index contributed by atoms with van der Waals surface area (Å²) >= 11 is 0. The van der Waals surface area contributed by atoms with Gasteiger partial charge in [0.25, 0.3) is 0 Å². The lowest BCUT2D eigenvalue weighted by Gasteiger charge is -2.16. The first-order valence-electron chi connectivity index (χ1n) is 4.53. The van der Waals surface area contributed by atoms with Crippen LogP contribution in [0.5, 0.6) is 0 Å². The Morgan fingerprint density at radius 3 is 2.75 bits per heavy atom. The van der Waals surface area contributed by atoms with E-state index in [0.29, 0.717) is 24.8 Å². The molecule has 0 aromatic carbocycles. The summed E-state index contributed by atoms with van der Waals surface area (Å²) < 4.78 is 0. The fraction of sp³-hybridized carbons (Fsp3) is 0.889. The van der Waals surface area contributed by atoms with Gasteiger partial charge in [-0.1, -0.05) is 13.8 Å². The number of nitrogens with zero attached hydrogens (tertiary/aromatic N) is 1. The summed E-state index contributed by atoms with van der Waals surface area (Å²) in [5, 5.41) is 8.68. The molecule has 0 spiro atoms. The number of aliphatic hydroxyl groups is 1. The number of aliphatic hydroxyl groups excluding tert-OH is 1. The molecule has 0 bridgehead atoms. The molecule has 0 saturated carbocycles. The number of hydrogen-bond donors (Lipinski definition) is 1. The summed E-state index contributed by atoms with van der Waals surface area (Å²) in [7, 11) is 0. The van der Waals surface area contributed by atoms with Crippen molar-refractivity contribution in [2.24, 2.45) is 11.8 Å². The quantitative estimate of drug-likeness (QED) is 0.671. The van der Waals surface area contributed by atoms with Crippen molar-refractivity contribution in [1.29, 1.82) is 0 Å². The topological polar surface area (TPSA) is 40.5 Å². The van der Waals surface area contributed by atoms with Crippen molar-refractivity contribution in [1.82, 2.24) is 4.90 Å². The van der Waals surface area contributed by atoms with Gasteiger partial charge in [-0.15, -0.1) is 0 Å². The van der Waals surface area contributed by atoms with Crippen LogP contribution in [0.1, 0.15) is 20.3 Å². The zero-order valence-corrected chi connectivity index (χ0v) is 7.79. The Hall–Kier alpha value is -0.570. The number of carbonyl (C=O) groups is 1. The van der Waals surface area contributed by atoms with E-state index < -0.39 is 0 Å². The van der Waals surface area contributed by atoms with Gasteiger partial charge < -0.3 is 10.0 Å². The van der Waals surface area contributed by atoms with Crippen molar-refractivity contribution < 1.29 is 9.90 Å². The molecular formula is C9H17NO2. The van der Waals surface area contributed by atoms with E-state index in [4.69, 9.17) is 5.11 Å². The molecule has 0 radical (unpaired) electrons. The SMILES string of the molecule is CC(C)C1CC(=O)N(CCO)C1. The number of β-amino-alcohol motifs (C(OH)–C–C–N with tert-alkyl or cyclic N) is 1. The van der Waals surface area contributed by atoms with Crippen LogP contribution in [0, 0.1) is 11.8 Å². The summed E-state index contributed by atoms with van der Waals surface area (Å²) in [5.41, 5.74) is 0. The summed E-state index contributed by atoms with van der Waals surface area (Å²) in [6.07, 6.45) is 0.664. The van der Waals surface area contributed by atoms with E-state index in [2.05, 4.69) is 13.8 Å². The molecule has 0 aromatic heterocycles. The lowest BCUT2D eigenvalue weighted by atomic mass is 9.95. The van der Waals surface area contributed by atoms with Gasteiger partial charge in [-0.3, -0.25) is 4.79 Å². The Labute approximate surface area is 73.4 Å². The number of hydrogen-bond acceptors (Lipinski definition) is 2. The van der Waals surface area contributed by atoms with Crippen molar-refractivity contribution in [2.45, 2.75) is 20.3 Å². The molecule has 1 atom stereocenters. The van der Waals surface area contributed by atoms with Gasteiger partial charge in [-0.05, 0) is 11.8 Å². The molecule has 3 nitrogen and oxygen atoms in total. The standard InChI is InChI=1S/C9H17NO2/c1-7(2)8-5-9(12)10(6-8)3-4-11/h7-8,11H,3-6H2,1-2H3.